The normalized spacial score (nSPS) is 20.4. The van der Waals surface area contributed by atoms with Crippen molar-refractivity contribution < 1.29 is 17.9 Å². The van der Waals surface area contributed by atoms with Crippen LogP contribution in [0.4, 0.5) is 5.69 Å². The van der Waals surface area contributed by atoms with Gasteiger partial charge in [0.05, 0.1) is 13.2 Å². The maximum atomic E-state index is 12.9. The average Bonchev–Trinajstić information content (AvgIpc) is 2.76. The van der Waals surface area contributed by atoms with Crippen molar-refractivity contribution >= 4 is 15.7 Å². The molecule has 0 aromatic heterocycles. The van der Waals surface area contributed by atoms with Crippen LogP contribution >= 0.6 is 0 Å². The van der Waals surface area contributed by atoms with Crippen LogP contribution < -0.4 is 10.5 Å². The predicted octanol–water partition coefficient (Wildman–Crippen LogP) is 1.00. The van der Waals surface area contributed by atoms with Gasteiger partial charge in [0.1, 0.15) is 10.6 Å². The van der Waals surface area contributed by atoms with Crippen LogP contribution in [0.2, 0.25) is 0 Å². The summed E-state index contributed by atoms with van der Waals surface area (Å²) in [5.41, 5.74) is 7.22. The van der Waals surface area contributed by atoms with Gasteiger partial charge in [-0.1, -0.05) is 0 Å². The topological polar surface area (TPSA) is 81.9 Å². The first-order valence-electron chi connectivity index (χ1n) is 7.22. The van der Waals surface area contributed by atoms with E-state index in [0.29, 0.717) is 50.8 Å². The van der Waals surface area contributed by atoms with Crippen molar-refractivity contribution in [1.82, 2.24) is 4.31 Å². The van der Waals surface area contributed by atoms with Gasteiger partial charge in [-0.2, -0.15) is 4.31 Å². The molecule has 116 valence electrons. The number of hydrogen-bond acceptors (Lipinski definition) is 5. The van der Waals surface area contributed by atoms with Gasteiger partial charge in [0.2, 0.25) is 10.0 Å². The van der Waals surface area contributed by atoms with Crippen LogP contribution in [0.5, 0.6) is 5.75 Å². The molecule has 0 radical (unpaired) electrons. The van der Waals surface area contributed by atoms with Crippen molar-refractivity contribution in [1.29, 1.82) is 0 Å². The summed E-state index contributed by atoms with van der Waals surface area (Å²) in [6.07, 6.45) is 2.38. The molecule has 21 heavy (non-hydrogen) atoms. The highest BCUT2D eigenvalue weighted by atomic mass is 32.2. The number of rotatable bonds is 2. The molecule has 2 N–H and O–H groups in total. The van der Waals surface area contributed by atoms with E-state index in [9.17, 15) is 8.42 Å². The lowest BCUT2D eigenvalue weighted by atomic mass is 10.1. The molecule has 0 atom stereocenters. The van der Waals surface area contributed by atoms with Crippen molar-refractivity contribution in [3.8, 4) is 5.75 Å². The molecule has 6 nitrogen and oxygen atoms in total. The van der Waals surface area contributed by atoms with E-state index in [0.717, 1.165) is 18.4 Å². The van der Waals surface area contributed by atoms with Gasteiger partial charge in [0.25, 0.3) is 0 Å². The summed E-state index contributed by atoms with van der Waals surface area (Å²) in [5.74, 6) is 0.473. The zero-order valence-corrected chi connectivity index (χ0v) is 12.7. The number of nitrogens with two attached hydrogens (primary N) is 1. The SMILES string of the molecule is Nc1cc2c(c(S(=O)(=O)N3CCCOCC3)c1)OCCC2. The highest BCUT2D eigenvalue weighted by Gasteiger charge is 2.31. The Bertz CT molecular complexity index is 622. The maximum Gasteiger partial charge on any atom is 0.246 e. The van der Waals surface area contributed by atoms with E-state index in [1.165, 1.54) is 10.4 Å². The minimum atomic E-state index is -3.60. The van der Waals surface area contributed by atoms with Crippen LogP contribution in [-0.2, 0) is 21.2 Å². The molecule has 0 saturated carbocycles. The van der Waals surface area contributed by atoms with Gasteiger partial charge in [-0.25, -0.2) is 8.42 Å². The lowest BCUT2D eigenvalue weighted by Gasteiger charge is -2.25. The van der Waals surface area contributed by atoms with E-state index in [1.807, 2.05) is 0 Å². The molecule has 0 unspecified atom stereocenters. The van der Waals surface area contributed by atoms with Crippen molar-refractivity contribution in [2.45, 2.75) is 24.2 Å². The van der Waals surface area contributed by atoms with Crippen LogP contribution in [0.1, 0.15) is 18.4 Å². The van der Waals surface area contributed by atoms with Gasteiger partial charge in [-0.05, 0) is 37.0 Å². The van der Waals surface area contributed by atoms with Gasteiger partial charge in [0, 0.05) is 25.4 Å². The summed E-state index contributed by atoms with van der Waals surface area (Å²) in [4.78, 5) is 0.194. The molecule has 1 aromatic rings. The Hall–Kier alpha value is -1.31. The van der Waals surface area contributed by atoms with Crippen molar-refractivity contribution in [2.24, 2.45) is 0 Å². The fourth-order valence-electron chi connectivity index (χ4n) is 2.76. The van der Waals surface area contributed by atoms with Gasteiger partial charge < -0.3 is 15.2 Å². The fraction of sp³-hybridized carbons (Fsp3) is 0.571. The molecule has 2 aliphatic rings. The molecule has 3 rings (SSSR count). The van der Waals surface area contributed by atoms with Gasteiger partial charge in [0.15, 0.2) is 0 Å². The minimum Gasteiger partial charge on any atom is -0.492 e. The Kier molecular flexibility index (Phi) is 4.05. The number of benzene rings is 1. The van der Waals surface area contributed by atoms with Gasteiger partial charge in [-0.15, -0.1) is 0 Å². The summed E-state index contributed by atoms with van der Waals surface area (Å²) in [7, 11) is -3.60. The first-order valence-corrected chi connectivity index (χ1v) is 8.66. The third-order valence-corrected chi connectivity index (χ3v) is 5.69. The number of nitrogen functional groups attached to an aromatic ring is 1. The largest absolute Gasteiger partial charge is 0.492 e. The lowest BCUT2D eigenvalue weighted by molar-refractivity contribution is 0.148. The van der Waals surface area contributed by atoms with Gasteiger partial charge in [-0.3, -0.25) is 0 Å². The highest BCUT2D eigenvalue weighted by molar-refractivity contribution is 7.89. The first-order chi connectivity index (χ1) is 10.1. The predicted molar refractivity (Wildman–Crippen MR) is 78.9 cm³/mol. The van der Waals surface area contributed by atoms with Crippen molar-refractivity contribution in [3.05, 3.63) is 17.7 Å². The second kappa shape index (κ2) is 5.82. The van der Waals surface area contributed by atoms with E-state index in [4.69, 9.17) is 15.2 Å². The van der Waals surface area contributed by atoms with E-state index in [-0.39, 0.29) is 4.90 Å². The van der Waals surface area contributed by atoms with Crippen molar-refractivity contribution in [2.75, 3.05) is 38.6 Å². The van der Waals surface area contributed by atoms with E-state index in [2.05, 4.69) is 0 Å². The molecular formula is C14H20N2O4S. The first kappa shape index (κ1) is 14.6. The third-order valence-electron chi connectivity index (χ3n) is 3.79. The smallest absolute Gasteiger partial charge is 0.246 e. The number of hydrogen-bond donors (Lipinski definition) is 1. The summed E-state index contributed by atoms with van der Waals surface area (Å²) < 4.78 is 38.2. The number of ether oxygens (including phenoxy) is 2. The molecule has 1 fully saturated rings. The summed E-state index contributed by atoms with van der Waals surface area (Å²) in [6, 6.07) is 3.31. The average molecular weight is 312 g/mol. The standard InChI is InChI=1S/C14H20N2O4S/c15-12-9-11-3-1-7-20-14(11)13(10-12)21(17,18)16-4-2-6-19-8-5-16/h9-10H,1-8,15H2. The number of sulfonamides is 1. The maximum absolute atomic E-state index is 12.9. The lowest BCUT2D eigenvalue weighted by Crippen LogP contribution is -2.34. The van der Waals surface area contributed by atoms with Crippen molar-refractivity contribution in [3.63, 3.8) is 0 Å². The monoisotopic (exact) mass is 312 g/mol. The van der Waals surface area contributed by atoms with Crippen LogP contribution in [0, 0.1) is 0 Å². The minimum absolute atomic E-state index is 0.194. The molecule has 0 aliphatic carbocycles. The summed E-state index contributed by atoms with van der Waals surface area (Å²) in [5, 5.41) is 0. The van der Waals surface area contributed by atoms with Crippen LogP contribution in [0.25, 0.3) is 0 Å². The van der Waals surface area contributed by atoms with E-state index >= 15 is 0 Å². The fourth-order valence-corrected chi connectivity index (χ4v) is 4.44. The number of nitrogens with zero attached hydrogens (tertiary/aromatic N) is 1. The third kappa shape index (κ3) is 2.86. The number of fused-ring (bicyclic) bond motifs is 1. The molecule has 0 bridgehead atoms. The number of anilines is 1. The number of aryl methyl sites for hydroxylation is 1. The quantitative estimate of drug-likeness (QED) is 0.824. The zero-order valence-electron chi connectivity index (χ0n) is 11.9. The Morgan fingerprint density at radius 1 is 1.10 bits per heavy atom. The Balaban J connectivity index is 2.03. The second-order valence-electron chi connectivity index (χ2n) is 5.33. The Morgan fingerprint density at radius 3 is 2.81 bits per heavy atom. The second-order valence-corrected chi connectivity index (χ2v) is 7.24. The van der Waals surface area contributed by atoms with E-state index < -0.39 is 10.0 Å². The Labute approximate surface area is 124 Å². The van der Waals surface area contributed by atoms with Crippen LogP contribution in [0.3, 0.4) is 0 Å². The van der Waals surface area contributed by atoms with Crippen LogP contribution in [-0.4, -0.2) is 45.6 Å². The molecule has 2 heterocycles. The molecular weight excluding hydrogens is 292 g/mol. The van der Waals surface area contributed by atoms with Crippen LogP contribution in [0.15, 0.2) is 17.0 Å². The highest BCUT2D eigenvalue weighted by Crippen LogP contribution is 2.36. The summed E-state index contributed by atoms with van der Waals surface area (Å²) >= 11 is 0. The summed E-state index contributed by atoms with van der Waals surface area (Å²) in [6.45, 7) is 2.39. The van der Waals surface area contributed by atoms with Gasteiger partial charge >= 0.3 is 0 Å². The van der Waals surface area contributed by atoms with E-state index in [1.54, 1.807) is 6.07 Å². The zero-order chi connectivity index (χ0) is 14.9. The Morgan fingerprint density at radius 2 is 1.95 bits per heavy atom. The molecule has 7 heteroatoms. The molecule has 2 aliphatic heterocycles. The molecule has 1 aromatic carbocycles. The molecule has 1 saturated heterocycles. The molecule has 0 amide bonds. The molecule has 0 spiro atoms.